The maximum absolute atomic E-state index is 13.3. The molecule has 0 bridgehead atoms. The van der Waals surface area contributed by atoms with Crippen LogP contribution in [-0.2, 0) is 14.8 Å². The molecule has 2 N–H and O–H groups in total. The Labute approximate surface area is 164 Å². The minimum Gasteiger partial charge on any atom is -0.395 e. The van der Waals surface area contributed by atoms with Crippen LogP contribution in [0, 0.1) is 5.92 Å². The van der Waals surface area contributed by atoms with Gasteiger partial charge in [-0.3, -0.25) is 9.52 Å². The number of nitrogens with one attached hydrogen (secondary N) is 2. The van der Waals surface area contributed by atoms with Crippen molar-refractivity contribution in [2.75, 3.05) is 4.72 Å². The number of fused-ring (bicyclic) bond motifs is 1. The van der Waals surface area contributed by atoms with E-state index in [2.05, 4.69) is 24.7 Å². The molecule has 0 spiro atoms. The van der Waals surface area contributed by atoms with Crippen LogP contribution in [0.15, 0.2) is 52.5 Å². The number of benzene rings is 2. The zero-order valence-electron chi connectivity index (χ0n) is 15.0. The van der Waals surface area contributed by atoms with Crippen LogP contribution in [0.2, 0.25) is 0 Å². The standard InChI is InChI=1S/C18H15F2N3O5S/c1-10-9-15(24)21-22-16(10)11-5-7-12(8-6-11)23-29(25,26)14-4-2-3-13-17(14)28-18(19,20)27-13/h2-8,10,23H,9H2,1H3,(H,21,24). The summed E-state index contributed by atoms with van der Waals surface area (Å²) < 4.78 is 62.9. The lowest BCUT2D eigenvalue weighted by atomic mass is 9.94. The third-order valence-electron chi connectivity index (χ3n) is 4.37. The molecule has 0 aliphatic carbocycles. The van der Waals surface area contributed by atoms with Crippen molar-refractivity contribution in [2.24, 2.45) is 11.0 Å². The number of alkyl halides is 2. The quantitative estimate of drug-likeness (QED) is 0.787. The molecule has 2 aromatic rings. The predicted octanol–water partition coefficient (Wildman–Crippen LogP) is 2.67. The molecule has 0 saturated carbocycles. The van der Waals surface area contributed by atoms with E-state index in [1.807, 2.05) is 6.92 Å². The second kappa shape index (κ2) is 6.69. The fourth-order valence-corrected chi connectivity index (χ4v) is 4.28. The minimum atomic E-state index is -4.22. The van der Waals surface area contributed by atoms with Gasteiger partial charge in [0.2, 0.25) is 5.91 Å². The summed E-state index contributed by atoms with van der Waals surface area (Å²) in [7, 11) is -4.22. The summed E-state index contributed by atoms with van der Waals surface area (Å²) in [6, 6.07) is 9.91. The molecule has 0 saturated heterocycles. The fraction of sp³-hybridized carbons (Fsp3) is 0.222. The topological polar surface area (TPSA) is 106 Å². The second-order valence-electron chi connectivity index (χ2n) is 6.57. The first-order chi connectivity index (χ1) is 13.6. The lowest BCUT2D eigenvalue weighted by Gasteiger charge is -2.19. The van der Waals surface area contributed by atoms with Gasteiger partial charge >= 0.3 is 6.29 Å². The minimum absolute atomic E-state index is 0.0861. The largest absolute Gasteiger partial charge is 0.586 e. The van der Waals surface area contributed by atoms with Gasteiger partial charge in [0.05, 0.1) is 5.71 Å². The Morgan fingerprint density at radius 1 is 1.17 bits per heavy atom. The molecule has 2 heterocycles. The van der Waals surface area contributed by atoms with E-state index in [-0.39, 0.29) is 23.3 Å². The molecule has 1 atom stereocenters. The normalized spacial score (nSPS) is 20.0. The van der Waals surface area contributed by atoms with Crippen LogP contribution in [0.1, 0.15) is 18.9 Å². The highest BCUT2D eigenvalue weighted by Crippen LogP contribution is 2.45. The van der Waals surface area contributed by atoms with E-state index < -0.39 is 27.0 Å². The first-order valence-corrected chi connectivity index (χ1v) is 10.0. The van der Waals surface area contributed by atoms with Crippen molar-refractivity contribution in [1.82, 2.24) is 5.43 Å². The molecule has 4 rings (SSSR count). The number of hydrogen-bond donors (Lipinski definition) is 2. The first kappa shape index (κ1) is 19.1. The van der Waals surface area contributed by atoms with Crippen molar-refractivity contribution >= 4 is 27.3 Å². The summed E-state index contributed by atoms with van der Waals surface area (Å²) in [5.41, 5.74) is 4.02. The molecule has 1 amide bonds. The van der Waals surface area contributed by atoms with Crippen LogP contribution in [0.4, 0.5) is 14.5 Å². The number of carbonyl (C=O) groups excluding carboxylic acids is 1. The first-order valence-electron chi connectivity index (χ1n) is 8.53. The molecule has 2 aromatic carbocycles. The van der Waals surface area contributed by atoms with E-state index in [0.29, 0.717) is 12.1 Å². The van der Waals surface area contributed by atoms with Gasteiger partial charge in [-0.1, -0.05) is 25.1 Å². The number of sulfonamides is 1. The highest BCUT2D eigenvalue weighted by molar-refractivity contribution is 7.92. The zero-order valence-corrected chi connectivity index (χ0v) is 15.8. The smallest absolute Gasteiger partial charge is 0.395 e. The number of hydrogen-bond acceptors (Lipinski definition) is 6. The summed E-state index contributed by atoms with van der Waals surface area (Å²) in [5.74, 6) is -1.17. The molecule has 1 unspecified atom stereocenters. The zero-order chi connectivity index (χ0) is 20.8. The highest BCUT2D eigenvalue weighted by atomic mass is 32.2. The Hall–Kier alpha value is -3.21. The van der Waals surface area contributed by atoms with Crippen molar-refractivity contribution in [2.45, 2.75) is 24.5 Å². The summed E-state index contributed by atoms with van der Waals surface area (Å²) in [5, 5.41) is 4.04. The lowest BCUT2D eigenvalue weighted by molar-refractivity contribution is -0.287. The van der Waals surface area contributed by atoms with Gasteiger partial charge in [-0.2, -0.15) is 5.10 Å². The SMILES string of the molecule is CC1CC(=O)NN=C1c1ccc(NS(=O)(=O)c2cccc3c2OC(F)(F)O3)cc1. The number of para-hydroxylation sites is 1. The third-order valence-corrected chi connectivity index (χ3v) is 5.78. The number of hydrazone groups is 1. The third kappa shape index (κ3) is 3.73. The molecule has 11 heteroatoms. The van der Waals surface area contributed by atoms with E-state index in [9.17, 15) is 22.0 Å². The maximum Gasteiger partial charge on any atom is 0.586 e. The molecule has 2 aliphatic rings. The average Bonchev–Trinajstić information content (AvgIpc) is 2.96. The Balaban J connectivity index is 1.58. The highest BCUT2D eigenvalue weighted by Gasteiger charge is 2.46. The van der Waals surface area contributed by atoms with Gasteiger partial charge in [-0.15, -0.1) is 8.78 Å². The molecule has 2 aliphatic heterocycles. The van der Waals surface area contributed by atoms with Gasteiger partial charge in [0.1, 0.15) is 4.90 Å². The van der Waals surface area contributed by atoms with Crippen molar-refractivity contribution in [3.8, 4) is 11.5 Å². The summed E-state index contributed by atoms with van der Waals surface area (Å²) >= 11 is 0. The Morgan fingerprint density at radius 2 is 1.90 bits per heavy atom. The van der Waals surface area contributed by atoms with Gasteiger partial charge in [-0.25, -0.2) is 13.8 Å². The monoisotopic (exact) mass is 423 g/mol. The van der Waals surface area contributed by atoms with E-state index in [4.69, 9.17) is 0 Å². The van der Waals surface area contributed by atoms with E-state index in [1.54, 1.807) is 12.1 Å². The van der Waals surface area contributed by atoms with Gasteiger partial charge in [0, 0.05) is 18.0 Å². The van der Waals surface area contributed by atoms with Crippen LogP contribution >= 0.6 is 0 Å². The van der Waals surface area contributed by atoms with Crippen LogP contribution in [-0.4, -0.2) is 26.3 Å². The molecule has 8 nitrogen and oxygen atoms in total. The number of carbonyl (C=O) groups is 1. The van der Waals surface area contributed by atoms with Crippen LogP contribution < -0.4 is 19.6 Å². The lowest BCUT2D eigenvalue weighted by Crippen LogP contribution is -2.31. The molecular formula is C18H15F2N3O5S. The summed E-state index contributed by atoms with van der Waals surface area (Å²) in [6.45, 7) is 1.86. The van der Waals surface area contributed by atoms with E-state index in [1.165, 1.54) is 24.3 Å². The molecule has 29 heavy (non-hydrogen) atoms. The molecule has 0 radical (unpaired) electrons. The van der Waals surface area contributed by atoms with Crippen molar-refractivity contribution in [3.05, 3.63) is 48.0 Å². The van der Waals surface area contributed by atoms with Crippen LogP contribution in [0.5, 0.6) is 11.5 Å². The fourth-order valence-electron chi connectivity index (χ4n) is 3.08. The Bertz CT molecular complexity index is 1120. The number of nitrogens with zero attached hydrogens (tertiary/aromatic N) is 1. The van der Waals surface area contributed by atoms with Gasteiger partial charge in [0.15, 0.2) is 11.5 Å². The summed E-state index contributed by atoms with van der Waals surface area (Å²) in [4.78, 5) is 10.9. The van der Waals surface area contributed by atoms with Crippen molar-refractivity contribution < 1.29 is 31.5 Å². The van der Waals surface area contributed by atoms with Crippen LogP contribution in [0.3, 0.4) is 0 Å². The molecule has 152 valence electrons. The molecular weight excluding hydrogens is 408 g/mol. The van der Waals surface area contributed by atoms with Crippen molar-refractivity contribution in [1.29, 1.82) is 0 Å². The van der Waals surface area contributed by atoms with Gasteiger partial charge in [0.25, 0.3) is 10.0 Å². The van der Waals surface area contributed by atoms with Crippen LogP contribution in [0.25, 0.3) is 0 Å². The maximum atomic E-state index is 13.3. The average molecular weight is 423 g/mol. The van der Waals surface area contributed by atoms with E-state index >= 15 is 0 Å². The number of anilines is 1. The predicted molar refractivity (Wildman–Crippen MR) is 98.4 cm³/mol. The number of amides is 1. The van der Waals surface area contributed by atoms with E-state index in [0.717, 1.165) is 11.6 Å². The summed E-state index contributed by atoms with van der Waals surface area (Å²) in [6.07, 6.45) is -3.62. The number of halogens is 2. The van der Waals surface area contributed by atoms with Crippen molar-refractivity contribution in [3.63, 3.8) is 0 Å². The Kier molecular flexibility index (Phi) is 4.41. The second-order valence-corrected chi connectivity index (χ2v) is 8.22. The number of rotatable bonds is 4. The van der Waals surface area contributed by atoms with Gasteiger partial charge in [-0.05, 0) is 29.8 Å². The molecule has 0 aromatic heterocycles. The number of ether oxygens (including phenoxy) is 2. The van der Waals surface area contributed by atoms with Gasteiger partial charge < -0.3 is 9.47 Å². The Morgan fingerprint density at radius 3 is 2.59 bits per heavy atom. The molecule has 0 fully saturated rings.